The second-order valence-corrected chi connectivity index (χ2v) is 8.59. The van der Waals surface area contributed by atoms with E-state index in [1.807, 2.05) is 13.8 Å². The third-order valence-corrected chi connectivity index (χ3v) is 5.39. The molecule has 0 bridgehead atoms. The van der Waals surface area contributed by atoms with Gasteiger partial charge in [-0.05, 0) is 39.0 Å². The number of nitrogens with two attached hydrogens (primary N) is 1. The summed E-state index contributed by atoms with van der Waals surface area (Å²) in [6.07, 6.45) is 1.42. The Morgan fingerprint density at radius 1 is 1.21 bits per heavy atom. The lowest BCUT2D eigenvalue weighted by Gasteiger charge is -2.43. The van der Waals surface area contributed by atoms with Crippen molar-refractivity contribution in [1.29, 1.82) is 0 Å². The zero-order valence-electron chi connectivity index (χ0n) is 17.9. The fraction of sp³-hybridized carbons (Fsp3) is 0.842. The van der Waals surface area contributed by atoms with Gasteiger partial charge in [-0.3, -0.25) is 14.4 Å². The first-order valence-electron chi connectivity index (χ1n) is 9.97. The molecule has 1 saturated heterocycles. The summed E-state index contributed by atoms with van der Waals surface area (Å²) in [4.78, 5) is 38.2. The molecule has 0 aliphatic carbocycles. The predicted molar refractivity (Wildman–Crippen MR) is 106 cm³/mol. The molecule has 1 aliphatic rings. The number of likely N-dealkylation sites (tertiary alicyclic amines) is 1. The number of nitrogens with zero attached hydrogens (tertiary/aromatic N) is 1. The van der Waals surface area contributed by atoms with Gasteiger partial charge in [-0.2, -0.15) is 0 Å². The molecule has 7 N–H and O–H groups in total. The molecule has 0 spiro atoms. The summed E-state index contributed by atoms with van der Waals surface area (Å²) < 4.78 is 0. The lowest BCUT2D eigenvalue weighted by atomic mass is 9.83. The fourth-order valence-corrected chi connectivity index (χ4v) is 3.40. The number of carbonyl (C=O) groups excluding carboxylic acids is 3. The minimum absolute atomic E-state index is 0.0130. The van der Waals surface area contributed by atoms with Crippen molar-refractivity contribution < 1.29 is 29.7 Å². The van der Waals surface area contributed by atoms with E-state index in [1.54, 1.807) is 0 Å². The molecule has 0 aromatic carbocycles. The van der Waals surface area contributed by atoms with Crippen molar-refractivity contribution in [2.45, 2.75) is 83.3 Å². The third-order valence-electron chi connectivity index (χ3n) is 5.39. The highest BCUT2D eigenvalue weighted by Crippen LogP contribution is 2.25. The average Bonchev–Trinajstić information content (AvgIpc) is 3.10. The van der Waals surface area contributed by atoms with Crippen LogP contribution in [-0.4, -0.2) is 80.5 Å². The van der Waals surface area contributed by atoms with Gasteiger partial charge < -0.3 is 36.6 Å². The van der Waals surface area contributed by atoms with Crippen LogP contribution in [0, 0.1) is 5.92 Å². The minimum atomic E-state index is -2.58. The quantitative estimate of drug-likeness (QED) is 0.247. The zero-order valence-corrected chi connectivity index (χ0v) is 17.9. The van der Waals surface area contributed by atoms with Crippen LogP contribution in [-0.2, 0) is 14.4 Å². The molecule has 29 heavy (non-hydrogen) atoms. The Kier molecular flexibility index (Phi) is 8.58. The van der Waals surface area contributed by atoms with Crippen molar-refractivity contribution in [1.82, 2.24) is 15.5 Å². The van der Waals surface area contributed by atoms with Gasteiger partial charge in [-0.15, -0.1) is 0 Å². The van der Waals surface area contributed by atoms with Crippen LogP contribution in [0.15, 0.2) is 0 Å². The molecule has 0 radical (unpaired) electrons. The maximum atomic E-state index is 12.6. The van der Waals surface area contributed by atoms with Gasteiger partial charge >= 0.3 is 0 Å². The number of amides is 3. The summed E-state index contributed by atoms with van der Waals surface area (Å²) in [6, 6.07) is -2.76. The minimum Gasteiger partial charge on any atom is -0.394 e. The second-order valence-electron chi connectivity index (χ2n) is 8.59. The van der Waals surface area contributed by atoms with Crippen LogP contribution in [0.2, 0.25) is 0 Å². The summed E-state index contributed by atoms with van der Waals surface area (Å²) in [5, 5.41) is 35.6. The molecule has 0 unspecified atom stereocenters. The van der Waals surface area contributed by atoms with Gasteiger partial charge in [0.2, 0.25) is 23.5 Å². The Labute approximate surface area is 171 Å². The van der Waals surface area contributed by atoms with E-state index in [0.29, 0.717) is 19.4 Å². The van der Waals surface area contributed by atoms with Crippen LogP contribution in [0.25, 0.3) is 0 Å². The maximum Gasteiger partial charge on any atom is 0.243 e. The average molecular weight is 417 g/mol. The van der Waals surface area contributed by atoms with Crippen LogP contribution in [0.4, 0.5) is 0 Å². The molecular weight excluding hydrogens is 380 g/mol. The molecule has 1 rings (SSSR count). The van der Waals surface area contributed by atoms with Crippen molar-refractivity contribution in [2.24, 2.45) is 11.7 Å². The topological polar surface area (TPSA) is 165 Å². The summed E-state index contributed by atoms with van der Waals surface area (Å²) in [5.74, 6) is -3.85. The van der Waals surface area contributed by atoms with Crippen LogP contribution in [0.5, 0.6) is 0 Å². The summed E-state index contributed by atoms with van der Waals surface area (Å²) in [7, 11) is 0. The largest absolute Gasteiger partial charge is 0.394 e. The highest BCUT2D eigenvalue weighted by molar-refractivity contribution is 5.92. The third kappa shape index (κ3) is 6.11. The van der Waals surface area contributed by atoms with Gasteiger partial charge in [0.25, 0.3) is 0 Å². The highest BCUT2D eigenvalue weighted by Gasteiger charge is 2.49. The van der Waals surface area contributed by atoms with E-state index < -0.39 is 47.9 Å². The van der Waals surface area contributed by atoms with Crippen LogP contribution < -0.4 is 16.4 Å². The first kappa shape index (κ1) is 25.3. The standard InChI is InChI=1S/C19H36N4O6/c1-11(2)9-15(19(28,29)18(5,20)10-24)22-16(26)12(3)21-17(27)14-7-6-8-23(14)13(4)25/h11-12,14-15,24,28-29H,6-10,20H2,1-5H3,(H,21,27)(H,22,26)/t12-,14-,15-,18-/m0/s1. The Balaban J connectivity index is 2.86. The van der Waals surface area contributed by atoms with Gasteiger partial charge in [0.1, 0.15) is 12.1 Å². The molecule has 3 amide bonds. The molecule has 0 aromatic heterocycles. The first-order valence-corrected chi connectivity index (χ1v) is 9.97. The lowest BCUT2D eigenvalue weighted by molar-refractivity contribution is -0.234. The molecule has 1 aliphatic heterocycles. The smallest absolute Gasteiger partial charge is 0.243 e. The Morgan fingerprint density at radius 2 is 1.79 bits per heavy atom. The van der Waals surface area contributed by atoms with Gasteiger partial charge in [0, 0.05) is 13.5 Å². The second kappa shape index (κ2) is 9.84. The van der Waals surface area contributed by atoms with E-state index in [0.717, 1.165) is 0 Å². The van der Waals surface area contributed by atoms with Crippen molar-refractivity contribution in [3.8, 4) is 0 Å². The number of aliphatic hydroxyl groups excluding tert-OH is 1. The number of aliphatic hydroxyl groups is 3. The van der Waals surface area contributed by atoms with Crippen molar-refractivity contribution >= 4 is 17.7 Å². The lowest BCUT2D eigenvalue weighted by Crippen LogP contribution is -2.71. The van der Waals surface area contributed by atoms with E-state index in [4.69, 9.17) is 5.73 Å². The molecule has 10 heteroatoms. The SMILES string of the molecule is CC(=O)N1CCC[C@H]1C(=O)N[C@@H](C)C(=O)N[C@@H](CC(C)C)C(O)(O)[C@@](C)(N)CO. The van der Waals surface area contributed by atoms with E-state index in [9.17, 15) is 29.7 Å². The van der Waals surface area contributed by atoms with Crippen LogP contribution in [0.1, 0.15) is 53.9 Å². The molecule has 0 aromatic rings. The zero-order chi connectivity index (χ0) is 22.6. The Bertz CT molecular complexity index is 608. The van der Waals surface area contributed by atoms with Crippen molar-refractivity contribution in [3.63, 3.8) is 0 Å². The molecular formula is C19H36N4O6. The van der Waals surface area contributed by atoms with Gasteiger partial charge in [-0.1, -0.05) is 13.8 Å². The molecule has 1 fully saturated rings. The van der Waals surface area contributed by atoms with Crippen LogP contribution in [0.3, 0.4) is 0 Å². The summed E-state index contributed by atoms with van der Waals surface area (Å²) in [5.41, 5.74) is 4.04. The van der Waals surface area contributed by atoms with Crippen molar-refractivity contribution in [2.75, 3.05) is 13.2 Å². The molecule has 0 saturated carbocycles. The van der Waals surface area contributed by atoms with E-state index in [2.05, 4.69) is 10.6 Å². The summed E-state index contributed by atoms with van der Waals surface area (Å²) in [6.45, 7) is 7.60. The summed E-state index contributed by atoms with van der Waals surface area (Å²) >= 11 is 0. The molecule has 10 nitrogen and oxygen atoms in total. The van der Waals surface area contributed by atoms with E-state index in [-0.39, 0.29) is 18.2 Å². The maximum absolute atomic E-state index is 12.6. The highest BCUT2D eigenvalue weighted by atomic mass is 16.5. The van der Waals surface area contributed by atoms with Crippen molar-refractivity contribution in [3.05, 3.63) is 0 Å². The Hall–Kier alpha value is -1.75. The molecule has 168 valence electrons. The number of hydrogen-bond donors (Lipinski definition) is 6. The normalized spacial score (nSPS) is 21.4. The monoisotopic (exact) mass is 416 g/mol. The van der Waals surface area contributed by atoms with Gasteiger partial charge in [-0.25, -0.2) is 0 Å². The number of hydrogen-bond acceptors (Lipinski definition) is 7. The number of carbonyl (C=O) groups is 3. The van der Waals surface area contributed by atoms with E-state index >= 15 is 0 Å². The van der Waals surface area contributed by atoms with Crippen LogP contribution >= 0.6 is 0 Å². The molecule has 1 heterocycles. The molecule has 4 atom stereocenters. The van der Waals surface area contributed by atoms with Gasteiger partial charge in [0.05, 0.1) is 18.2 Å². The Morgan fingerprint density at radius 3 is 2.28 bits per heavy atom. The van der Waals surface area contributed by atoms with E-state index in [1.165, 1.54) is 25.7 Å². The number of rotatable bonds is 9. The first-order chi connectivity index (χ1) is 13.2. The predicted octanol–water partition coefficient (Wildman–Crippen LogP) is -1.58. The van der Waals surface area contributed by atoms with Gasteiger partial charge in [0.15, 0.2) is 0 Å². The number of nitrogens with one attached hydrogen (secondary N) is 2. The fourth-order valence-electron chi connectivity index (χ4n) is 3.40.